The maximum Gasteiger partial charge on any atom is 0.257 e. The van der Waals surface area contributed by atoms with E-state index in [1.54, 1.807) is 12.1 Å². The average molecular weight is 423 g/mol. The van der Waals surface area contributed by atoms with Gasteiger partial charge < -0.3 is 4.98 Å². The van der Waals surface area contributed by atoms with E-state index in [0.29, 0.717) is 21.8 Å². The molecule has 0 saturated heterocycles. The molecular formula is C21H18N4O2S2. The zero-order valence-corrected chi connectivity index (χ0v) is 17.5. The number of fused-ring (bicyclic) bond motifs is 1. The van der Waals surface area contributed by atoms with Crippen molar-refractivity contribution in [2.24, 2.45) is 0 Å². The normalized spacial score (nSPS) is 11.0. The molecule has 0 spiro atoms. The second-order valence-corrected chi connectivity index (χ2v) is 8.89. The molecule has 146 valence electrons. The quantitative estimate of drug-likeness (QED) is 0.364. The largest absolute Gasteiger partial charge is 0.357 e. The lowest BCUT2D eigenvalue weighted by Crippen LogP contribution is -2.11. The summed E-state index contributed by atoms with van der Waals surface area (Å²) in [5.74, 6) is 0.343. The van der Waals surface area contributed by atoms with Crippen molar-refractivity contribution in [1.82, 2.24) is 15.2 Å². The van der Waals surface area contributed by atoms with Gasteiger partial charge in [-0.05, 0) is 38.1 Å². The number of anilines is 1. The van der Waals surface area contributed by atoms with Crippen LogP contribution in [0.2, 0.25) is 0 Å². The molecule has 0 fully saturated rings. The first kappa shape index (κ1) is 19.4. The number of thioether (sulfide) groups is 1. The number of amides is 1. The topological polar surface area (TPSA) is 87.7 Å². The molecule has 2 heterocycles. The third-order valence-electron chi connectivity index (χ3n) is 4.30. The molecule has 0 bridgehead atoms. The summed E-state index contributed by atoms with van der Waals surface area (Å²) in [4.78, 5) is 28.0. The summed E-state index contributed by atoms with van der Waals surface area (Å²) >= 11 is 2.77. The Hall–Kier alpha value is -2.97. The van der Waals surface area contributed by atoms with Gasteiger partial charge in [0.25, 0.3) is 5.91 Å². The lowest BCUT2D eigenvalue weighted by molar-refractivity contribution is 0.102. The average Bonchev–Trinajstić information content (AvgIpc) is 3.14. The van der Waals surface area contributed by atoms with Gasteiger partial charge in [0.05, 0.1) is 0 Å². The zero-order valence-electron chi connectivity index (χ0n) is 15.9. The van der Waals surface area contributed by atoms with Gasteiger partial charge in [-0.15, -0.1) is 10.2 Å². The maximum absolute atomic E-state index is 12.3. The van der Waals surface area contributed by atoms with Gasteiger partial charge in [-0.25, -0.2) is 0 Å². The lowest BCUT2D eigenvalue weighted by Gasteiger charge is -2.04. The van der Waals surface area contributed by atoms with E-state index in [9.17, 15) is 9.59 Å². The predicted molar refractivity (Wildman–Crippen MR) is 118 cm³/mol. The SMILES string of the molecule is Cc1cccc(C(=O)Nc2nnc(SCc3cc(=O)c4cc(C)ccc4[nH]3)s2)c1. The van der Waals surface area contributed by atoms with Crippen LogP contribution in [0.5, 0.6) is 0 Å². The van der Waals surface area contributed by atoms with E-state index in [4.69, 9.17) is 0 Å². The summed E-state index contributed by atoms with van der Waals surface area (Å²) in [6.45, 7) is 3.90. The molecule has 0 aliphatic heterocycles. The monoisotopic (exact) mass is 422 g/mol. The van der Waals surface area contributed by atoms with Gasteiger partial charge in [-0.2, -0.15) is 0 Å². The third-order valence-corrected chi connectivity index (χ3v) is 6.32. The maximum atomic E-state index is 12.3. The van der Waals surface area contributed by atoms with E-state index in [0.717, 1.165) is 26.7 Å². The van der Waals surface area contributed by atoms with Gasteiger partial charge in [0.15, 0.2) is 9.77 Å². The van der Waals surface area contributed by atoms with Crippen molar-refractivity contribution >= 4 is 45.0 Å². The molecule has 0 aliphatic carbocycles. The summed E-state index contributed by atoms with van der Waals surface area (Å²) < 4.78 is 0.717. The fourth-order valence-electron chi connectivity index (χ4n) is 2.91. The second kappa shape index (κ2) is 8.18. The minimum absolute atomic E-state index is 0.00132. The molecule has 29 heavy (non-hydrogen) atoms. The van der Waals surface area contributed by atoms with Crippen molar-refractivity contribution in [2.45, 2.75) is 23.9 Å². The van der Waals surface area contributed by atoms with Gasteiger partial charge in [0.2, 0.25) is 5.13 Å². The van der Waals surface area contributed by atoms with Gasteiger partial charge in [0.1, 0.15) is 0 Å². The van der Waals surface area contributed by atoms with Crippen molar-refractivity contribution in [3.8, 4) is 0 Å². The number of carbonyl (C=O) groups excluding carboxylic acids is 1. The molecule has 8 heteroatoms. The van der Waals surface area contributed by atoms with Crippen molar-refractivity contribution < 1.29 is 4.79 Å². The smallest absolute Gasteiger partial charge is 0.257 e. The molecule has 2 aromatic carbocycles. The van der Waals surface area contributed by atoms with Crippen molar-refractivity contribution in [2.75, 3.05) is 5.32 Å². The molecule has 0 radical (unpaired) electrons. The van der Waals surface area contributed by atoms with Crippen molar-refractivity contribution in [3.63, 3.8) is 0 Å². The predicted octanol–water partition coefficient (Wildman–Crippen LogP) is 4.54. The van der Waals surface area contributed by atoms with E-state index < -0.39 is 0 Å². The van der Waals surface area contributed by atoms with Crippen LogP contribution in [0.1, 0.15) is 27.2 Å². The van der Waals surface area contributed by atoms with Gasteiger partial charge in [-0.3, -0.25) is 14.9 Å². The van der Waals surface area contributed by atoms with Crippen LogP contribution in [0.3, 0.4) is 0 Å². The number of hydrogen-bond acceptors (Lipinski definition) is 6. The highest BCUT2D eigenvalue weighted by Gasteiger charge is 2.11. The lowest BCUT2D eigenvalue weighted by atomic mass is 10.1. The number of aryl methyl sites for hydroxylation is 2. The summed E-state index contributed by atoms with van der Waals surface area (Å²) in [6.07, 6.45) is 0. The molecule has 4 rings (SSSR count). The number of hydrogen-bond donors (Lipinski definition) is 2. The van der Waals surface area contributed by atoms with E-state index >= 15 is 0 Å². The molecule has 0 unspecified atom stereocenters. The number of carbonyl (C=O) groups is 1. The molecular weight excluding hydrogens is 404 g/mol. The first-order valence-corrected chi connectivity index (χ1v) is 10.7. The standard InChI is InChI=1S/C21H18N4O2S2/c1-12-4-3-5-14(8-12)19(27)23-20-24-25-21(29-20)28-11-15-10-18(26)16-9-13(2)6-7-17(16)22-15/h3-10H,11H2,1-2H3,(H,22,26)(H,23,24,27). The minimum Gasteiger partial charge on any atom is -0.357 e. The highest BCUT2D eigenvalue weighted by Crippen LogP contribution is 2.28. The Kier molecular flexibility index (Phi) is 5.46. The van der Waals surface area contributed by atoms with Crippen LogP contribution < -0.4 is 10.7 Å². The molecule has 0 atom stereocenters. The van der Waals surface area contributed by atoms with Crippen LogP contribution >= 0.6 is 23.1 Å². The summed E-state index contributed by atoms with van der Waals surface area (Å²) in [7, 11) is 0. The molecule has 1 amide bonds. The van der Waals surface area contributed by atoms with Crippen LogP contribution in [-0.4, -0.2) is 21.1 Å². The summed E-state index contributed by atoms with van der Waals surface area (Å²) in [6, 6.07) is 14.8. The Morgan fingerprint density at radius 3 is 2.76 bits per heavy atom. The van der Waals surface area contributed by atoms with E-state index in [1.807, 2.05) is 50.2 Å². The molecule has 2 aromatic heterocycles. The van der Waals surface area contributed by atoms with Crippen LogP contribution in [-0.2, 0) is 5.75 Å². The Balaban J connectivity index is 1.43. The highest BCUT2D eigenvalue weighted by atomic mass is 32.2. The van der Waals surface area contributed by atoms with E-state index in [2.05, 4.69) is 20.5 Å². The minimum atomic E-state index is -0.212. The number of nitrogens with one attached hydrogen (secondary N) is 2. The van der Waals surface area contributed by atoms with Crippen molar-refractivity contribution in [1.29, 1.82) is 0 Å². The number of aromatic amines is 1. The third kappa shape index (κ3) is 4.55. The highest BCUT2D eigenvalue weighted by molar-refractivity contribution is 8.00. The number of aromatic nitrogens is 3. The van der Waals surface area contributed by atoms with Crippen LogP contribution in [0, 0.1) is 13.8 Å². The van der Waals surface area contributed by atoms with E-state index in [-0.39, 0.29) is 11.3 Å². The molecule has 0 saturated carbocycles. The summed E-state index contributed by atoms with van der Waals surface area (Å²) in [5.41, 5.74) is 4.30. The Labute approximate surface area is 175 Å². The first-order valence-electron chi connectivity index (χ1n) is 8.95. The number of nitrogens with zero attached hydrogens (tertiary/aromatic N) is 2. The first-order chi connectivity index (χ1) is 14.0. The molecule has 6 nitrogen and oxygen atoms in total. The zero-order chi connectivity index (χ0) is 20.4. The number of rotatable bonds is 5. The number of pyridine rings is 1. The van der Waals surface area contributed by atoms with Gasteiger partial charge in [-0.1, -0.05) is 52.4 Å². The van der Waals surface area contributed by atoms with Crippen LogP contribution in [0.25, 0.3) is 10.9 Å². The van der Waals surface area contributed by atoms with Crippen LogP contribution in [0.4, 0.5) is 5.13 Å². The fraction of sp³-hybridized carbons (Fsp3) is 0.143. The van der Waals surface area contributed by atoms with Gasteiger partial charge in [0, 0.05) is 34.0 Å². The number of benzene rings is 2. The molecule has 2 N–H and O–H groups in total. The van der Waals surface area contributed by atoms with Crippen LogP contribution in [0.15, 0.2) is 57.7 Å². The molecule has 4 aromatic rings. The second-order valence-electron chi connectivity index (χ2n) is 6.69. The molecule has 0 aliphatic rings. The van der Waals surface area contributed by atoms with E-state index in [1.165, 1.54) is 23.1 Å². The number of H-pyrrole nitrogens is 1. The van der Waals surface area contributed by atoms with Gasteiger partial charge >= 0.3 is 0 Å². The Morgan fingerprint density at radius 2 is 1.93 bits per heavy atom. The summed E-state index contributed by atoms with van der Waals surface area (Å²) in [5, 5.41) is 12.1. The Morgan fingerprint density at radius 1 is 1.10 bits per heavy atom. The Bertz CT molecular complexity index is 1260. The fourth-order valence-corrected chi connectivity index (χ4v) is 4.56. The van der Waals surface area contributed by atoms with Crippen molar-refractivity contribution in [3.05, 3.63) is 81.1 Å².